The minimum Gasteiger partial charge on any atom is -0.481 e. The fraction of sp³-hybridized carbons (Fsp3) is 0.545. The summed E-state index contributed by atoms with van der Waals surface area (Å²) in [4.78, 5) is 4.10. The summed E-state index contributed by atoms with van der Waals surface area (Å²) in [7, 11) is 1.62. The van der Waals surface area contributed by atoms with E-state index in [0.29, 0.717) is 11.8 Å². The molecule has 0 aliphatic rings. The van der Waals surface area contributed by atoms with E-state index >= 15 is 0 Å². The Hall–Kier alpha value is -1.05. The van der Waals surface area contributed by atoms with E-state index < -0.39 is 0 Å². The summed E-state index contributed by atoms with van der Waals surface area (Å²) >= 11 is 0. The second kappa shape index (κ2) is 6.46. The topological polar surface area (TPSA) is 22.1 Å². The Morgan fingerprint density at radius 1 is 1.23 bits per heavy atom. The minimum absolute atomic E-state index is 0.536. The van der Waals surface area contributed by atoms with Gasteiger partial charge in [-0.15, -0.1) is 0 Å². The number of ether oxygens (including phenoxy) is 1. The summed E-state index contributed by atoms with van der Waals surface area (Å²) in [6.07, 6.45) is 1.85. The van der Waals surface area contributed by atoms with Crippen LogP contribution in [0.15, 0.2) is 18.3 Å². The Kier molecular flexibility index (Phi) is 5.94. The molecule has 1 rings (SSSR count). The van der Waals surface area contributed by atoms with Gasteiger partial charge in [-0.05, 0) is 11.5 Å². The van der Waals surface area contributed by atoms with Crippen LogP contribution in [0.2, 0.25) is 0 Å². The van der Waals surface area contributed by atoms with Crippen LogP contribution in [0.1, 0.15) is 39.2 Å². The van der Waals surface area contributed by atoms with E-state index in [1.807, 2.05) is 32.2 Å². The molecule has 0 N–H and O–H groups in total. The minimum atomic E-state index is 0.536. The Morgan fingerprint density at radius 2 is 1.85 bits per heavy atom. The van der Waals surface area contributed by atoms with Crippen LogP contribution in [-0.2, 0) is 0 Å². The van der Waals surface area contributed by atoms with Crippen LogP contribution in [-0.4, -0.2) is 12.1 Å². The van der Waals surface area contributed by atoms with Gasteiger partial charge in [-0.25, -0.2) is 4.98 Å². The lowest BCUT2D eigenvalue weighted by atomic mass is 10.1. The van der Waals surface area contributed by atoms with Crippen molar-refractivity contribution in [2.75, 3.05) is 7.11 Å². The number of methoxy groups -OCH3 is 1. The third-order valence-electron chi connectivity index (χ3n) is 1.64. The average Bonchev–Trinajstić information content (AvgIpc) is 2.21. The molecule has 0 aromatic carbocycles. The average molecular weight is 181 g/mol. The van der Waals surface area contributed by atoms with Crippen molar-refractivity contribution in [3.8, 4) is 5.88 Å². The van der Waals surface area contributed by atoms with Gasteiger partial charge in [-0.1, -0.05) is 33.8 Å². The highest BCUT2D eigenvalue weighted by atomic mass is 16.5. The van der Waals surface area contributed by atoms with E-state index in [9.17, 15) is 0 Å². The van der Waals surface area contributed by atoms with Crippen molar-refractivity contribution in [1.29, 1.82) is 0 Å². The summed E-state index contributed by atoms with van der Waals surface area (Å²) in [6.45, 7) is 8.28. The molecule has 0 spiro atoms. The highest BCUT2D eigenvalue weighted by Gasteiger charge is 1.98. The van der Waals surface area contributed by atoms with Crippen molar-refractivity contribution >= 4 is 0 Å². The van der Waals surface area contributed by atoms with E-state index in [1.54, 1.807) is 7.11 Å². The quantitative estimate of drug-likeness (QED) is 0.698. The van der Waals surface area contributed by atoms with Gasteiger partial charge in [-0.2, -0.15) is 0 Å². The van der Waals surface area contributed by atoms with E-state index in [0.717, 1.165) is 0 Å². The number of hydrogen-bond donors (Lipinski definition) is 0. The van der Waals surface area contributed by atoms with Gasteiger partial charge in [0.15, 0.2) is 0 Å². The predicted octanol–water partition coefficient (Wildman–Crippen LogP) is 3.24. The Balaban J connectivity index is 0.000000671. The summed E-state index contributed by atoms with van der Waals surface area (Å²) in [6, 6.07) is 3.92. The van der Waals surface area contributed by atoms with Gasteiger partial charge in [0.2, 0.25) is 5.88 Å². The van der Waals surface area contributed by atoms with Crippen molar-refractivity contribution < 1.29 is 4.74 Å². The van der Waals surface area contributed by atoms with Crippen LogP contribution in [0.3, 0.4) is 0 Å². The maximum atomic E-state index is 4.94. The van der Waals surface area contributed by atoms with Crippen LogP contribution < -0.4 is 4.74 Å². The summed E-state index contributed by atoms with van der Waals surface area (Å²) in [5, 5.41) is 0. The van der Waals surface area contributed by atoms with Crippen molar-refractivity contribution in [1.82, 2.24) is 4.98 Å². The highest BCUT2D eigenvalue weighted by Crippen LogP contribution is 2.14. The molecule has 0 aliphatic heterocycles. The molecule has 0 amide bonds. The van der Waals surface area contributed by atoms with E-state index in [1.165, 1.54) is 5.56 Å². The van der Waals surface area contributed by atoms with Gasteiger partial charge < -0.3 is 4.74 Å². The second-order valence-corrected chi connectivity index (χ2v) is 2.79. The first-order valence-electron chi connectivity index (χ1n) is 4.74. The van der Waals surface area contributed by atoms with Gasteiger partial charge in [0.1, 0.15) is 0 Å². The zero-order valence-electron chi connectivity index (χ0n) is 9.16. The maximum absolute atomic E-state index is 4.94. The molecule has 1 heterocycles. The molecule has 0 aliphatic carbocycles. The lowest BCUT2D eigenvalue weighted by molar-refractivity contribution is 0.397. The molecular weight excluding hydrogens is 162 g/mol. The lowest BCUT2D eigenvalue weighted by Gasteiger charge is -2.04. The Labute approximate surface area is 81.0 Å². The monoisotopic (exact) mass is 181 g/mol. The zero-order valence-corrected chi connectivity index (χ0v) is 9.16. The number of hydrogen-bond acceptors (Lipinski definition) is 2. The molecule has 0 fully saturated rings. The molecule has 1 aromatic heterocycles. The van der Waals surface area contributed by atoms with E-state index in [2.05, 4.69) is 18.8 Å². The molecule has 1 aromatic rings. The standard InChI is InChI=1S/C9H13NO.C2H6/c1-7(2)8-4-5-9(11-3)10-6-8;1-2/h4-7H,1-3H3;1-2H3. The lowest BCUT2D eigenvalue weighted by Crippen LogP contribution is -1.91. The van der Waals surface area contributed by atoms with Gasteiger partial charge in [-0.3, -0.25) is 0 Å². The molecule has 0 saturated carbocycles. The molecule has 0 radical (unpaired) electrons. The van der Waals surface area contributed by atoms with Crippen molar-refractivity contribution in [2.24, 2.45) is 0 Å². The Morgan fingerprint density at radius 3 is 2.15 bits per heavy atom. The van der Waals surface area contributed by atoms with Gasteiger partial charge in [0.05, 0.1) is 7.11 Å². The number of nitrogens with zero attached hydrogens (tertiary/aromatic N) is 1. The third kappa shape index (κ3) is 3.92. The van der Waals surface area contributed by atoms with Crippen LogP contribution in [0.25, 0.3) is 0 Å². The molecule has 0 bridgehead atoms. The Bertz CT molecular complexity index is 216. The summed E-state index contributed by atoms with van der Waals surface area (Å²) < 4.78 is 4.94. The number of aromatic nitrogens is 1. The molecule has 13 heavy (non-hydrogen) atoms. The summed E-state index contributed by atoms with van der Waals surface area (Å²) in [5.41, 5.74) is 1.24. The molecule has 0 saturated heterocycles. The van der Waals surface area contributed by atoms with Crippen LogP contribution in [0.5, 0.6) is 5.88 Å². The molecule has 2 nitrogen and oxygen atoms in total. The first kappa shape index (κ1) is 11.9. The fourth-order valence-electron chi connectivity index (χ4n) is 0.854. The second-order valence-electron chi connectivity index (χ2n) is 2.79. The smallest absolute Gasteiger partial charge is 0.212 e. The normalized spacial score (nSPS) is 9.08. The van der Waals surface area contributed by atoms with Crippen LogP contribution in [0.4, 0.5) is 0 Å². The van der Waals surface area contributed by atoms with Gasteiger partial charge in [0.25, 0.3) is 0 Å². The first-order valence-corrected chi connectivity index (χ1v) is 4.74. The van der Waals surface area contributed by atoms with Crippen LogP contribution >= 0.6 is 0 Å². The molecule has 2 heteroatoms. The highest BCUT2D eigenvalue weighted by molar-refractivity contribution is 5.19. The first-order chi connectivity index (χ1) is 6.24. The molecular formula is C11H19NO. The summed E-state index contributed by atoms with van der Waals surface area (Å²) in [5.74, 6) is 1.21. The zero-order chi connectivity index (χ0) is 10.3. The van der Waals surface area contributed by atoms with Gasteiger partial charge in [0, 0.05) is 12.3 Å². The molecule has 0 unspecified atom stereocenters. The van der Waals surface area contributed by atoms with Crippen LogP contribution in [0, 0.1) is 0 Å². The SMILES string of the molecule is CC.COc1ccc(C(C)C)cn1. The van der Waals surface area contributed by atoms with Crippen molar-refractivity contribution in [2.45, 2.75) is 33.6 Å². The molecule has 0 atom stereocenters. The maximum Gasteiger partial charge on any atom is 0.212 e. The van der Waals surface area contributed by atoms with E-state index in [4.69, 9.17) is 4.74 Å². The fourth-order valence-corrected chi connectivity index (χ4v) is 0.854. The van der Waals surface area contributed by atoms with Crippen molar-refractivity contribution in [3.63, 3.8) is 0 Å². The largest absolute Gasteiger partial charge is 0.481 e. The molecule has 74 valence electrons. The van der Waals surface area contributed by atoms with Gasteiger partial charge >= 0.3 is 0 Å². The predicted molar refractivity (Wildman–Crippen MR) is 56.2 cm³/mol. The van der Waals surface area contributed by atoms with Crippen molar-refractivity contribution in [3.05, 3.63) is 23.9 Å². The van der Waals surface area contributed by atoms with E-state index in [-0.39, 0.29) is 0 Å². The third-order valence-corrected chi connectivity index (χ3v) is 1.64. The number of pyridine rings is 1. The number of rotatable bonds is 2.